The van der Waals surface area contributed by atoms with Crippen molar-refractivity contribution in [3.05, 3.63) is 47.3 Å². The summed E-state index contributed by atoms with van der Waals surface area (Å²) in [4.78, 5) is 7.34. The SMILES string of the molecule is Cc1ccc(S(=O)(=O)c2nc(-c3cccs3)oc2N2CC(C)OC(C)C2)cc1. The number of thiophene rings is 1. The van der Waals surface area contributed by atoms with E-state index in [9.17, 15) is 8.42 Å². The van der Waals surface area contributed by atoms with E-state index in [1.54, 1.807) is 24.3 Å². The van der Waals surface area contributed by atoms with Crippen LogP contribution in [0.15, 0.2) is 56.1 Å². The van der Waals surface area contributed by atoms with E-state index in [0.29, 0.717) is 19.0 Å². The molecule has 2 aromatic heterocycles. The average Bonchev–Trinajstić information content (AvgIpc) is 3.31. The van der Waals surface area contributed by atoms with Crippen molar-refractivity contribution in [3.63, 3.8) is 0 Å². The highest BCUT2D eigenvalue weighted by Gasteiger charge is 2.34. The number of aryl methyl sites for hydroxylation is 1. The fourth-order valence-electron chi connectivity index (χ4n) is 3.35. The zero-order valence-electron chi connectivity index (χ0n) is 16.0. The first kappa shape index (κ1) is 19.2. The van der Waals surface area contributed by atoms with Crippen LogP contribution >= 0.6 is 11.3 Å². The summed E-state index contributed by atoms with van der Waals surface area (Å²) in [6.07, 6.45) is -0.0667. The zero-order chi connectivity index (χ0) is 19.9. The van der Waals surface area contributed by atoms with E-state index >= 15 is 0 Å². The maximum Gasteiger partial charge on any atom is 0.240 e. The minimum atomic E-state index is -3.82. The lowest BCUT2D eigenvalue weighted by Gasteiger charge is -2.35. The van der Waals surface area contributed by atoms with Gasteiger partial charge in [-0.05, 0) is 44.4 Å². The van der Waals surface area contributed by atoms with Crippen molar-refractivity contribution in [3.8, 4) is 10.8 Å². The van der Waals surface area contributed by atoms with Gasteiger partial charge in [0.25, 0.3) is 0 Å². The van der Waals surface area contributed by atoms with Crippen LogP contribution in [0, 0.1) is 6.92 Å². The van der Waals surface area contributed by atoms with Crippen molar-refractivity contribution in [2.45, 2.75) is 42.9 Å². The Morgan fingerprint density at radius 3 is 2.39 bits per heavy atom. The number of hydrogen-bond donors (Lipinski definition) is 0. The molecule has 1 fully saturated rings. The van der Waals surface area contributed by atoms with Gasteiger partial charge < -0.3 is 14.1 Å². The Morgan fingerprint density at radius 1 is 1.11 bits per heavy atom. The smallest absolute Gasteiger partial charge is 0.240 e. The summed E-state index contributed by atoms with van der Waals surface area (Å²) in [5.41, 5.74) is 0.995. The standard InChI is InChI=1S/C20H22N2O4S2/c1-13-6-8-16(9-7-13)28(23,24)19-20(22-11-14(2)25-15(3)12-22)26-18(21-19)17-5-4-10-27-17/h4-10,14-15H,11-12H2,1-3H3. The molecular weight excluding hydrogens is 396 g/mol. The normalized spacial score (nSPS) is 20.5. The van der Waals surface area contributed by atoms with Crippen LogP contribution in [0.25, 0.3) is 10.8 Å². The first-order valence-corrected chi connectivity index (χ1v) is 11.5. The Labute approximate surface area is 168 Å². The van der Waals surface area contributed by atoms with Gasteiger partial charge in [0.15, 0.2) is 0 Å². The third kappa shape index (κ3) is 3.59. The molecule has 0 N–H and O–H groups in total. The molecule has 1 saturated heterocycles. The molecule has 0 bridgehead atoms. The van der Waals surface area contributed by atoms with Crippen molar-refractivity contribution < 1.29 is 17.6 Å². The molecule has 0 amide bonds. The van der Waals surface area contributed by atoms with Crippen molar-refractivity contribution in [2.75, 3.05) is 18.0 Å². The Balaban J connectivity index is 1.84. The Hall–Kier alpha value is -2.16. The number of sulfone groups is 1. The largest absolute Gasteiger partial charge is 0.418 e. The van der Waals surface area contributed by atoms with Crippen LogP contribution in [0.3, 0.4) is 0 Å². The van der Waals surface area contributed by atoms with Crippen LogP contribution in [0.5, 0.6) is 0 Å². The lowest BCUT2D eigenvalue weighted by atomic mass is 10.2. The lowest BCUT2D eigenvalue weighted by Crippen LogP contribution is -2.45. The fourth-order valence-corrected chi connectivity index (χ4v) is 5.32. The second-order valence-electron chi connectivity index (χ2n) is 7.09. The Morgan fingerprint density at radius 2 is 1.79 bits per heavy atom. The highest BCUT2D eigenvalue weighted by Crippen LogP contribution is 2.37. The van der Waals surface area contributed by atoms with Crippen molar-refractivity contribution >= 4 is 27.1 Å². The third-order valence-electron chi connectivity index (χ3n) is 4.60. The van der Waals surface area contributed by atoms with Crippen molar-refractivity contribution in [2.24, 2.45) is 0 Å². The Kier molecular flexibility index (Phi) is 5.03. The van der Waals surface area contributed by atoms with Crippen LogP contribution in [-0.2, 0) is 14.6 Å². The molecule has 3 heterocycles. The summed E-state index contributed by atoms with van der Waals surface area (Å²) in [5.74, 6) is 0.605. The molecular formula is C20H22N2O4S2. The summed E-state index contributed by atoms with van der Waals surface area (Å²) < 4.78 is 38.6. The summed E-state index contributed by atoms with van der Waals surface area (Å²) in [5, 5.41) is 1.87. The van der Waals surface area contributed by atoms with Crippen LogP contribution < -0.4 is 4.90 Å². The molecule has 0 radical (unpaired) electrons. The van der Waals surface area contributed by atoms with Crippen LogP contribution in [0.4, 0.5) is 5.88 Å². The molecule has 1 aliphatic heterocycles. The third-order valence-corrected chi connectivity index (χ3v) is 7.13. The molecule has 0 aliphatic carbocycles. The number of anilines is 1. The molecule has 2 atom stereocenters. The molecule has 28 heavy (non-hydrogen) atoms. The van der Waals surface area contributed by atoms with Gasteiger partial charge in [0.1, 0.15) is 0 Å². The lowest BCUT2D eigenvalue weighted by molar-refractivity contribution is -0.00657. The predicted octanol–water partition coefficient (Wildman–Crippen LogP) is 4.16. The first-order valence-electron chi connectivity index (χ1n) is 9.11. The van der Waals surface area contributed by atoms with Gasteiger partial charge >= 0.3 is 0 Å². The average molecular weight is 419 g/mol. The quantitative estimate of drug-likeness (QED) is 0.634. The maximum absolute atomic E-state index is 13.4. The molecule has 8 heteroatoms. The molecule has 2 unspecified atom stereocenters. The highest BCUT2D eigenvalue weighted by atomic mass is 32.2. The topological polar surface area (TPSA) is 72.6 Å². The summed E-state index contributed by atoms with van der Waals surface area (Å²) >= 11 is 1.46. The zero-order valence-corrected chi connectivity index (χ0v) is 17.6. The molecule has 0 spiro atoms. The fraction of sp³-hybridized carbons (Fsp3) is 0.350. The van der Waals surface area contributed by atoms with E-state index in [-0.39, 0.29) is 28.0 Å². The second kappa shape index (κ2) is 7.35. The maximum atomic E-state index is 13.4. The number of nitrogens with zero attached hydrogens (tertiary/aromatic N) is 2. The van der Waals surface area contributed by atoms with Gasteiger partial charge in [0, 0.05) is 13.1 Å². The van der Waals surface area contributed by atoms with E-state index in [4.69, 9.17) is 9.15 Å². The van der Waals surface area contributed by atoms with Gasteiger partial charge in [-0.15, -0.1) is 11.3 Å². The molecule has 4 rings (SSSR count). The number of aromatic nitrogens is 1. The minimum Gasteiger partial charge on any atom is -0.418 e. The molecule has 6 nitrogen and oxygen atoms in total. The van der Waals surface area contributed by atoms with Gasteiger partial charge in [-0.2, -0.15) is 4.98 Å². The highest BCUT2D eigenvalue weighted by molar-refractivity contribution is 7.91. The summed E-state index contributed by atoms with van der Waals surface area (Å²) in [6.45, 7) is 6.93. The van der Waals surface area contributed by atoms with Gasteiger partial charge in [0.05, 0.1) is 22.0 Å². The van der Waals surface area contributed by atoms with Crippen LogP contribution in [0.1, 0.15) is 19.4 Å². The van der Waals surface area contributed by atoms with E-state index in [1.807, 2.05) is 43.2 Å². The van der Waals surface area contributed by atoms with Crippen LogP contribution in [0.2, 0.25) is 0 Å². The number of ether oxygens (including phenoxy) is 1. The molecule has 3 aromatic rings. The van der Waals surface area contributed by atoms with Crippen LogP contribution in [-0.4, -0.2) is 38.7 Å². The van der Waals surface area contributed by atoms with E-state index < -0.39 is 9.84 Å². The monoisotopic (exact) mass is 418 g/mol. The second-order valence-corrected chi connectivity index (χ2v) is 9.90. The molecule has 0 saturated carbocycles. The number of rotatable bonds is 4. The summed E-state index contributed by atoms with van der Waals surface area (Å²) in [6, 6.07) is 10.5. The minimum absolute atomic E-state index is 0.0334. The van der Waals surface area contributed by atoms with Crippen molar-refractivity contribution in [1.29, 1.82) is 0 Å². The van der Waals surface area contributed by atoms with Crippen molar-refractivity contribution in [1.82, 2.24) is 4.98 Å². The molecule has 1 aliphatic rings. The number of oxazole rings is 1. The van der Waals surface area contributed by atoms with E-state index in [2.05, 4.69) is 4.98 Å². The number of benzene rings is 1. The van der Waals surface area contributed by atoms with Gasteiger partial charge in [-0.1, -0.05) is 23.8 Å². The number of hydrogen-bond acceptors (Lipinski definition) is 7. The molecule has 1 aromatic carbocycles. The van der Waals surface area contributed by atoms with Gasteiger partial charge in [-0.25, -0.2) is 8.42 Å². The summed E-state index contributed by atoms with van der Waals surface area (Å²) in [7, 11) is -3.82. The van der Waals surface area contributed by atoms with Gasteiger partial charge in [0.2, 0.25) is 26.6 Å². The van der Waals surface area contributed by atoms with E-state index in [1.165, 1.54) is 11.3 Å². The van der Waals surface area contributed by atoms with Gasteiger partial charge in [-0.3, -0.25) is 0 Å². The predicted molar refractivity (Wildman–Crippen MR) is 109 cm³/mol. The van der Waals surface area contributed by atoms with E-state index in [0.717, 1.165) is 10.4 Å². The first-order chi connectivity index (χ1) is 13.3. The Bertz CT molecular complexity index is 1050. The molecule has 148 valence electrons. The number of morpholine rings is 1.